The first-order valence-electron chi connectivity index (χ1n) is 13.8. The summed E-state index contributed by atoms with van der Waals surface area (Å²) in [5.74, 6) is -0.469. The molecule has 0 aliphatic rings. The molecule has 0 saturated heterocycles. The molecule has 0 fully saturated rings. The average Bonchev–Trinajstić information content (AvgIpc) is 2.97. The molecule has 0 aliphatic carbocycles. The standard InChI is InChI=1S/C31H37Cl2N3O5S/c1-5-27(31(38)34-19-22(3)4)35(20-24-25(32)15-12-16-26(24)33)30(37)21-36(28-17-10-11-18-29(28)41-6-2)42(39,40)23-13-8-7-9-14-23/h7-18,22,27H,5-6,19-21H2,1-4H3,(H,34,38). The van der Waals surface area contributed by atoms with Crippen LogP contribution in [0.25, 0.3) is 0 Å². The van der Waals surface area contributed by atoms with E-state index in [1.165, 1.54) is 17.0 Å². The van der Waals surface area contributed by atoms with E-state index >= 15 is 0 Å². The molecule has 0 heterocycles. The van der Waals surface area contributed by atoms with Gasteiger partial charge in [-0.15, -0.1) is 0 Å². The first-order chi connectivity index (χ1) is 20.0. The Balaban J connectivity index is 2.12. The first-order valence-corrected chi connectivity index (χ1v) is 16.0. The lowest BCUT2D eigenvalue weighted by molar-refractivity contribution is -0.140. The van der Waals surface area contributed by atoms with Crippen molar-refractivity contribution in [1.29, 1.82) is 0 Å². The highest BCUT2D eigenvalue weighted by Gasteiger charge is 2.35. The summed E-state index contributed by atoms with van der Waals surface area (Å²) in [6.45, 7) is 7.52. The molecule has 3 aromatic carbocycles. The number of anilines is 1. The van der Waals surface area contributed by atoms with Crippen LogP contribution in [-0.2, 0) is 26.2 Å². The quantitative estimate of drug-likeness (QED) is 0.229. The van der Waals surface area contributed by atoms with Crippen molar-refractivity contribution >= 4 is 50.7 Å². The fourth-order valence-corrected chi connectivity index (χ4v) is 6.33. The van der Waals surface area contributed by atoms with Gasteiger partial charge in [0.15, 0.2) is 0 Å². The number of hydrogen-bond acceptors (Lipinski definition) is 5. The molecule has 1 N–H and O–H groups in total. The third-order valence-corrected chi connectivity index (χ3v) is 8.99. The van der Waals surface area contributed by atoms with E-state index in [2.05, 4.69) is 5.32 Å². The number of amides is 2. The van der Waals surface area contributed by atoms with Gasteiger partial charge >= 0.3 is 0 Å². The van der Waals surface area contributed by atoms with Crippen molar-refractivity contribution in [1.82, 2.24) is 10.2 Å². The Morgan fingerprint density at radius 2 is 1.52 bits per heavy atom. The minimum Gasteiger partial charge on any atom is -0.492 e. The van der Waals surface area contributed by atoms with Crippen molar-refractivity contribution in [2.75, 3.05) is 24.0 Å². The summed E-state index contributed by atoms with van der Waals surface area (Å²) in [6.07, 6.45) is 0.276. The van der Waals surface area contributed by atoms with Crippen LogP contribution in [0.4, 0.5) is 5.69 Å². The summed E-state index contributed by atoms with van der Waals surface area (Å²) in [7, 11) is -4.23. The van der Waals surface area contributed by atoms with E-state index in [1.807, 2.05) is 13.8 Å². The van der Waals surface area contributed by atoms with Gasteiger partial charge < -0.3 is 15.0 Å². The summed E-state index contributed by atoms with van der Waals surface area (Å²) in [6, 6.07) is 18.6. The number of benzene rings is 3. The Morgan fingerprint density at radius 1 is 0.905 bits per heavy atom. The van der Waals surface area contributed by atoms with E-state index in [4.69, 9.17) is 27.9 Å². The Hall–Kier alpha value is -3.27. The Morgan fingerprint density at radius 3 is 2.12 bits per heavy atom. The minimum absolute atomic E-state index is 0.00603. The second-order valence-corrected chi connectivity index (χ2v) is 12.7. The van der Waals surface area contributed by atoms with Crippen LogP contribution in [0.2, 0.25) is 10.0 Å². The van der Waals surface area contributed by atoms with Crippen molar-refractivity contribution in [3.05, 3.63) is 88.4 Å². The predicted octanol–water partition coefficient (Wildman–Crippen LogP) is 6.17. The topological polar surface area (TPSA) is 96.0 Å². The Labute approximate surface area is 258 Å². The zero-order valence-corrected chi connectivity index (χ0v) is 26.5. The molecule has 1 unspecified atom stereocenters. The van der Waals surface area contributed by atoms with Gasteiger partial charge in [0.1, 0.15) is 18.3 Å². The van der Waals surface area contributed by atoms with Crippen LogP contribution in [-0.4, -0.2) is 50.9 Å². The fourth-order valence-electron chi connectivity index (χ4n) is 4.37. The molecule has 0 radical (unpaired) electrons. The Kier molecular flexibility index (Phi) is 12.1. The zero-order valence-electron chi connectivity index (χ0n) is 24.2. The molecule has 0 spiro atoms. The van der Waals surface area contributed by atoms with Crippen LogP contribution in [0.1, 0.15) is 39.7 Å². The van der Waals surface area contributed by atoms with Crippen LogP contribution < -0.4 is 14.4 Å². The smallest absolute Gasteiger partial charge is 0.264 e. The molecule has 0 aliphatic heterocycles. The zero-order chi connectivity index (χ0) is 30.9. The van der Waals surface area contributed by atoms with Gasteiger partial charge in [-0.05, 0) is 55.7 Å². The first kappa shape index (κ1) is 33.2. The van der Waals surface area contributed by atoms with Gasteiger partial charge in [-0.25, -0.2) is 8.42 Å². The molecular weight excluding hydrogens is 597 g/mol. The van der Waals surface area contributed by atoms with Gasteiger partial charge in [-0.2, -0.15) is 0 Å². The maximum absolute atomic E-state index is 14.3. The molecule has 8 nitrogen and oxygen atoms in total. The lowest BCUT2D eigenvalue weighted by Gasteiger charge is -2.34. The molecule has 226 valence electrons. The molecule has 11 heteroatoms. The minimum atomic E-state index is -4.23. The van der Waals surface area contributed by atoms with Crippen LogP contribution in [0.3, 0.4) is 0 Å². The van der Waals surface area contributed by atoms with Crippen molar-refractivity contribution in [3.63, 3.8) is 0 Å². The third-order valence-electron chi connectivity index (χ3n) is 6.50. The van der Waals surface area contributed by atoms with Crippen LogP contribution in [0.5, 0.6) is 5.75 Å². The molecule has 1 atom stereocenters. The van der Waals surface area contributed by atoms with E-state index < -0.39 is 28.5 Å². The van der Waals surface area contributed by atoms with Gasteiger partial charge in [-0.1, -0.05) is 80.4 Å². The molecule has 3 rings (SSSR count). The van der Waals surface area contributed by atoms with E-state index in [0.717, 1.165) is 4.31 Å². The number of ether oxygens (including phenoxy) is 1. The van der Waals surface area contributed by atoms with E-state index in [-0.39, 0.29) is 42.0 Å². The Bertz CT molecular complexity index is 1450. The number of halogens is 2. The molecule has 42 heavy (non-hydrogen) atoms. The molecular formula is C31H37Cl2N3O5S. The number of para-hydroxylation sites is 2. The third kappa shape index (κ3) is 8.18. The maximum Gasteiger partial charge on any atom is 0.264 e. The van der Waals surface area contributed by atoms with Gasteiger partial charge in [0.2, 0.25) is 11.8 Å². The fraction of sp³-hybridized carbons (Fsp3) is 0.355. The van der Waals surface area contributed by atoms with Gasteiger partial charge in [0, 0.05) is 28.7 Å². The maximum atomic E-state index is 14.3. The number of carbonyl (C=O) groups excluding carboxylic acids is 2. The molecule has 3 aromatic rings. The van der Waals surface area contributed by atoms with E-state index in [0.29, 0.717) is 27.9 Å². The summed E-state index contributed by atoms with van der Waals surface area (Å²) in [5.41, 5.74) is 0.654. The number of hydrogen-bond donors (Lipinski definition) is 1. The number of rotatable bonds is 14. The van der Waals surface area contributed by atoms with Gasteiger partial charge in [-0.3, -0.25) is 13.9 Å². The molecule has 0 saturated carbocycles. The van der Waals surface area contributed by atoms with Crippen LogP contribution in [0.15, 0.2) is 77.7 Å². The summed E-state index contributed by atoms with van der Waals surface area (Å²) in [4.78, 5) is 29.0. The monoisotopic (exact) mass is 633 g/mol. The van der Waals surface area contributed by atoms with Gasteiger partial charge in [0.05, 0.1) is 17.2 Å². The molecule has 0 bridgehead atoms. The highest BCUT2D eigenvalue weighted by atomic mass is 35.5. The second-order valence-electron chi connectivity index (χ2n) is 10.0. The highest BCUT2D eigenvalue weighted by Crippen LogP contribution is 2.33. The SMILES string of the molecule is CCOc1ccccc1N(CC(=O)N(Cc1c(Cl)cccc1Cl)C(CC)C(=O)NCC(C)C)S(=O)(=O)c1ccccc1. The van der Waals surface area contributed by atoms with Crippen molar-refractivity contribution < 1.29 is 22.7 Å². The van der Waals surface area contributed by atoms with Crippen LogP contribution in [0, 0.1) is 5.92 Å². The van der Waals surface area contributed by atoms with E-state index in [1.54, 1.807) is 74.5 Å². The van der Waals surface area contributed by atoms with Crippen molar-refractivity contribution in [2.45, 2.75) is 51.6 Å². The predicted molar refractivity (Wildman–Crippen MR) is 168 cm³/mol. The number of sulfonamides is 1. The molecule has 0 aromatic heterocycles. The normalized spacial score (nSPS) is 12.1. The van der Waals surface area contributed by atoms with E-state index in [9.17, 15) is 18.0 Å². The second kappa shape index (κ2) is 15.3. The van der Waals surface area contributed by atoms with Gasteiger partial charge in [0.25, 0.3) is 10.0 Å². The van der Waals surface area contributed by atoms with Crippen molar-refractivity contribution in [2.24, 2.45) is 5.92 Å². The summed E-state index contributed by atoms with van der Waals surface area (Å²) < 4.78 is 34.9. The number of nitrogens with one attached hydrogen (secondary N) is 1. The molecule has 2 amide bonds. The summed E-state index contributed by atoms with van der Waals surface area (Å²) >= 11 is 12.9. The lowest BCUT2D eigenvalue weighted by Crippen LogP contribution is -2.52. The number of carbonyl (C=O) groups is 2. The summed E-state index contributed by atoms with van der Waals surface area (Å²) in [5, 5.41) is 3.55. The number of nitrogens with zero attached hydrogens (tertiary/aromatic N) is 2. The lowest BCUT2D eigenvalue weighted by atomic mass is 10.1. The van der Waals surface area contributed by atoms with Crippen LogP contribution >= 0.6 is 23.2 Å². The van der Waals surface area contributed by atoms with Crippen molar-refractivity contribution in [3.8, 4) is 5.75 Å². The highest BCUT2D eigenvalue weighted by molar-refractivity contribution is 7.92. The average molecular weight is 635 g/mol. The largest absolute Gasteiger partial charge is 0.492 e.